The van der Waals surface area contributed by atoms with Crippen LogP contribution in [0.15, 0.2) is 11.6 Å². The van der Waals surface area contributed by atoms with E-state index in [-0.39, 0.29) is 10.7 Å². The SMILES string of the molecule is Cc1nn(-c2nccs2)c(Cl)c1C(=O)O. The fourth-order valence-corrected chi connectivity index (χ4v) is 2.17. The smallest absolute Gasteiger partial charge is 0.340 e. The number of aryl methyl sites for hydroxylation is 1. The van der Waals surface area contributed by atoms with Gasteiger partial charge >= 0.3 is 5.97 Å². The van der Waals surface area contributed by atoms with Gasteiger partial charge in [0.15, 0.2) is 0 Å². The number of hydrogen-bond donors (Lipinski definition) is 1. The van der Waals surface area contributed by atoms with Crippen molar-refractivity contribution < 1.29 is 9.90 Å². The van der Waals surface area contributed by atoms with Crippen molar-refractivity contribution in [3.05, 3.63) is 28.0 Å². The van der Waals surface area contributed by atoms with Gasteiger partial charge in [0.2, 0.25) is 5.13 Å². The van der Waals surface area contributed by atoms with Crippen LogP contribution in [0.4, 0.5) is 0 Å². The quantitative estimate of drug-likeness (QED) is 0.876. The van der Waals surface area contributed by atoms with Gasteiger partial charge in [-0.15, -0.1) is 11.3 Å². The highest BCUT2D eigenvalue weighted by Gasteiger charge is 2.20. The molecule has 0 aromatic carbocycles. The van der Waals surface area contributed by atoms with Gasteiger partial charge in [0.1, 0.15) is 10.7 Å². The maximum Gasteiger partial charge on any atom is 0.340 e. The molecule has 0 atom stereocenters. The molecule has 0 amide bonds. The molecule has 0 aliphatic rings. The first-order chi connectivity index (χ1) is 7.11. The summed E-state index contributed by atoms with van der Waals surface area (Å²) in [5.41, 5.74) is 0.398. The molecule has 0 aliphatic heterocycles. The predicted octanol–water partition coefficient (Wildman–Crippen LogP) is 1.99. The molecule has 78 valence electrons. The molecule has 7 heteroatoms. The molecule has 5 nitrogen and oxygen atoms in total. The van der Waals surface area contributed by atoms with Crippen LogP contribution in [0.2, 0.25) is 5.15 Å². The first-order valence-corrected chi connectivity index (χ1v) is 5.25. The van der Waals surface area contributed by atoms with Crippen molar-refractivity contribution in [3.8, 4) is 5.13 Å². The van der Waals surface area contributed by atoms with Crippen LogP contribution in [0.5, 0.6) is 0 Å². The molecule has 1 N–H and O–H groups in total. The van der Waals surface area contributed by atoms with Gasteiger partial charge < -0.3 is 5.11 Å². The molecule has 2 rings (SSSR count). The van der Waals surface area contributed by atoms with Gasteiger partial charge in [-0.1, -0.05) is 11.6 Å². The zero-order valence-electron chi connectivity index (χ0n) is 7.64. The van der Waals surface area contributed by atoms with Gasteiger partial charge in [0.05, 0.1) is 5.69 Å². The summed E-state index contributed by atoms with van der Waals surface area (Å²) in [7, 11) is 0. The van der Waals surface area contributed by atoms with Crippen molar-refractivity contribution in [1.29, 1.82) is 0 Å². The van der Waals surface area contributed by atoms with Crippen LogP contribution < -0.4 is 0 Å². The molecule has 0 unspecified atom stereocenters. The molecule has 0 radical (unpaired) electrons. The van der Waals surface area contributed by atoms with Crippen LogP contribution in [0.25, 0.3) is 5.13 Å². The van der Waals surface area contributed by atoms with Crippen LogP contribution >= 0.6 is 22.9 Å². The summed E-state index contributed by atoms with van der Waals surface area (Å²) >= 11 is 7.24. The second-order valence-corrected chi connectivity index (χ2v) is 4.01. The summed E-state index contributed by atoms with van der Waals surface area (Å²) in [6, 6.07) is 0. The van der Waals surface area contributed by atoms with Crippen molar-refractivity contribution in [3.63, 3.8) is 0 Å². The largest absolute Gasteiger partial charge is 0.478 e. The van der Waals surface area contributed by atoms with E-state index in [0.717, 1.165) is 0 Å². The number of aromatic carboxylic acids is 1. The monoisotopic (exact) mass is 243 g/mol. The van der Waals surface area contributed by atoms with E-state index in [1.807, 2.05) is 0 Å². The molecule has 0 saturated carbocycles. The lowest BCUT2D eigenvalue weighted by atomic mass is 10.3. The average molecular weight is 244 g/mol. The number of nitrogens with zero attached hydrogens (tertiary/aromatic N) is 3. The van der Waals surface area contributed by atoms with E-state index < -0.39 is 5.97 Å². The van der Waals surface area contributed by atoms with Gasteiger partial charge in [0, 0.05) is 11.6 Å². The molecular weight excluding hydrogens is 238 g/mol. The third-order valence-electron chi connectivity index (χ3n) is 1.82. The predicted molar refractivity (Wildman–Crippen MR) is 55.9 cm³/mol. The van der Waals surface area contributed by atoms with Gasteiger partial charge in [-0.25, -0.2) is 9.78 Å². The number of carboxylic acids is 1. The minimum atomic E-state index is -1.08. The van der Waals surface area contributed by atoms with Crippen LogP contribution in [0.1, 0.15) is 16.1 Å². The van der Waals surface area contributed by atoms with Crippen molar-refractivity contribution in [1.82, 2.24) is 14.8 Å². The van der Waals surface area contributed by atoms with E-state index in [1.54, 1.807) is 18.5 Å². The molecule has 0 aliphatic carbocycles. The highest BCUT2D eigenvalue weighted by Crippen LogP contribution is 2.24. The Morgan fingerprint density at radius 1 is 1.67 bits per heavy atom. The molecule has 2 aromatic heterocycles. The number of aromatic nitrogens is 3. The van der Waals surface area contributed by atoms with E-state index in [2.05, 4.69) is 10.1 Å². The molecule has 15 heavy (non-hydrogen) atoms. The zero-order valence-corrected chi connectivity index (χ0v) is 9.21. The molecule has 2 heterocycles. The summed E-state index contributed by atoms with van der Waals surface area (Å²) in [4.78, 5) is 14.9. The maximum atomic E-state index is 10.9. The molecule has 0 saturated heterocycles. The lowest BCUT2D eigenvalue weighted by molar-refractivity contribution is 0.0696. The van der Waals surface area contributed by atoms with Crippen molar-refractivity contribution in [2.45, 2.75) is 6.92 Å². The van der Waals surface area contributed by atoms with Crippen LogP contribution in [0.3, 0.4) is 0 Å². The molecule has 0 fully saturated rings. The van der Waals surface area contributed by atoms with E-state index in [9.17, 15) is 4.79 Å². The van der Waals surface area contributed by atoms with Crippen LogP contribution in [-0.2, 0) is 0 Å². The molecule has 2 aromatic rings. The number of halogens is 1. The Morgan fingerprint density at radius 3 is 2.87 bits per heavy atom. The van der Waals surface area contributed by atoms with E-state index in [4.69, 9.17) is 16.7 Å². The highest BCUT2D eigenvalue weighted by atomic mass is 35.5. The Hall–Kier alpha value is -1.40. The van der Waals surface area contributed by atoms with E-state index in [0.29, 0.717) is 10.8 Å². The van der Waals surface area contributed by atoms with Gasteiger partial charge in [-0.2, -0.15) is 9.78 Å². The maximum absolute atomic E-state index is 10.9. The highest BCUT2D eigenvalue weighted by molar-refractivity contribution is 7.12. The standard InChI is InChI=1S/C8H6ClN3O2S/c1-4-5(7(13)14)6(9)12(11-4)8-10-2-3-15-8/h2-3H,1H3,(H,13,14). The number of carboxylic acid groups (broad SMARTS) is 1. The number of hydrogen-bond acceptors (Lipinski definition) is 4. The summed E-state index contributed by atoms with van der Waals surface area (Å²) in [5.74, 6) is -1.08. The Kier molecular flexibility index (Phi) is 2.45. The topological polar surface area (TPSA) is 68.0 Å². The van der Waals surface area contributed by atoms with E-state index >= 15 is 0 Å². The second-order valence-electron chi connectivity index (χ2n) is 2.78. The number of rotatable bonds is 2. The normalized spacial score (nSPS) is 10.5. The molecule has 0 bridgehead atoms. The summed E-state index contributed by atoms with van der Waals surface area (Å²) < 4.78 is 1.32. The summed E-state index contributed by atoms with van der Waals surface area (Å²) in [6.45, 7) is 1.60. The van der Waals surface area contributed by atoms with Crippen molar-refractivity contribution >= 4 is 28.9 Å². The number of carbonyl (C=O) groups is 1. The van der Waals surface area contributed by atoms with Gasteiger partial charge in [0.25, 0.3) is 0 Å². The second kappa shape index (κ2) is 3.63. The lowest BCUT2D eigenvalue weighted by Gasteiger charge is -1.95. The first-order valence-electron chi connectivity index (χ1n) is 3.99. The van der Waals surface area contributed by atoms with Crippen molar-refractivity contribution in [2.75, 3.05) is 0 Å². The Morgan fingerprint density at radius 2 is 2.40 bits per heavy atom. The zero-order chi connectivity index (χ0) is 11.0. The minimum absolute atomic E-state index is 0.0202. The van der Waals surface area contributed by atoms with E-state index in [1.165, 1.54) is 16.0 Å². The third-order valence-corrected chi connectivity index (χ3v) is 2.91. The molecule has 0 spiro atoms. The minimum Gasteiger partial charge on any atom is -0.478 e. The number of thiazole rings is 1. The molecular formula is C8H6ClN3O2S. The first kappa shape index (κ1) is 10.1. The van der Waals surface area contributed by atoms with Gasteiger partial charge in [-0.3, -0.25) is 0 Å². The van der Waals surface area contributed by atoms with Crippen LogP contribution in [-0.4, -0.2) is 25.8 Å². The fraction of sp³-hybridized carbons (Fsp3) is 0.125. The Balaban J connectivity index is 2.61. The van der Waals surface area contributed by atoms with Crippen molar-refractivity contribution in [2.24, 2.45) is 0 Å². The summed E-state index contributed by atoms with van der Waals surface area (Å²) in [6.07, 6.45) is 1.60. The Bertz CT molecular complexity index is 506. The average Bonchev–Trinajstić information content (AvgIpc) is 2.72. The van der Waals surface area contributed by atoms with Gasteiger partial charge in [-0.05, 0) is 6.92 Å². The lowest BCUT2D eigenvalue weighted by Crippen LogP contribution is -1.98. The van der Waals surface area contributed by atoms with Crippen LogP contribution in [0, 0.1) is 6.92 Å². The third kappa shape index (κ3) is 1.62. The Labute approximate surface area is 93.9 Å². The fourth-order valence-electron chi connectivity index (χ4n) is 1.19. The summed E-state index contributed by atoms with van der Waals surface area (Å²) in [5, 5.41) is 15.3.